The minimum absolute atomic E-state index is 0.102. The quantitative estimate of drug-likeness (QED) is 0.841. The van der Waals surface area contributed by atoms with Crippen molar-refractivity contribution in [2.24, 2.45) is 5.14 Å². The lowest BCUT2D eigenvalue weighted by Crippen LogP contribution is -2.19. The van der Waals surface area contributed by atoms with Crippen molar-refractivity contribution in [1.29, 1.82) is 0 Å². The van der Waals surface area contributed by atoms with Gasteiger partial charge in [-0.1, -0.05) is 6.92 Å². The van der Waals surface area contributed by atoms with Crippen LogP contribution in [-0.2, 0) is 10.0 Å². The number of nitrogens with two attached hydrogens (primary N) is 1. The molecular weight excluding hydrogens is 275 g/mol. The fraction of sp³-hybridized carbons (Fsp3) is 0.455. The largest absolute Gasteiger partial charge is 0.379 e. The van der Waals surface area contributed by atoms with Gasteiger partial charge in [-0.05, 0) is 30.9 Å². The van der Waals surface area contributed by atoms with Gasteiger partial charge in [0.2, 0.25) is 10.0 Å². The second kappa shape index (κ2) is 6.40. The number of halogens is 1. The van der Waals surface area contributed by atoms with E-state index in [1.807, 2.05) is 6.92 Å². The number of sulfonamides is 1. The van der Waals surface area contributed by atoms with Crippen molar-refractivity contribution < 1.29 is 12.8 Å². The van der Waals surface area contributed by atoms with E-state index < -0.39 is 15.8 Å². The second-order valence-corrected chi connectivity index (χ2v) is 6.77. The first kappa shape index (κ1) is 15.3. The molecule has 1 unspecified atom stereocenters. The molecule has 1 aromatic rings. The van der Waals surface area contributed by atoms with Crippen LogP contribution in [0.4, 0.5) is 10.1 Å². The first-order valence-electron chi connectivity index (χ1n) is 5.51. The van der Waals surface area contributed by atoms with Crippen molar-refractivity contribution in [1.82, 2.24) is 0 Å². The highest BCUT2D eigenvalue weighted by Gasteiger charge is 2.12. The third-order valence-corrected chi connectivity index (χ3v) is 4.30. The van der Waals surface area contributed by atoms with E-state index in [2.05, 4.69) is 12.2 Å². The molecule has 1 atom stereocenters. The summed E-state index contributed by atoms with van der Waals surface area (Å²) >= 11 is 1.75. The molecule has 0 heterocycles. The van der Waals surface area contributed by atoms with Crippen LogP contribution in [0, 0.1) is 5.82 Å². The van der Waals surface area contributed by atoms with E-state index in [9.17, 15) is 12.8 Å². The first-order chi connectivity index (χ1) is 8.34. The number of primary sulfonamides is 1. The number of thioether (sulfide) groups is 1. The average molecular weight is 292 g/mol. The maximum Gasteiger partial charge on any atom is 0.238 e. The number of hydrogen-bond acceptors (Lipinski definition) is 4. The predicted octanol–water partition coefficient (Wildman–Crippen LogP) is 2.03. The zero-order chi connectivity index (χ0) is 13.8. The van der Waals surface area contributed by atoms with Gasteiger partial charge in [0.15, 0.2) is 0 Å². The van der Waals surface area contributed by atoms with Crippen molar-refractivity contribution in [3.05, 3.63) is 24.0 Å². The van der Waals surface area contributed by atoms with Gasteiger partial charge in [0.05, 0.1) is 10.6 Å². The molecule has 4 nitrogen and oxygen atoms in total. The maximum absolute atomic E-state index is 13.7. The Labute approximate surface area is 111 Å². The van der Waals surface area contributed by atoms with E-state index in [0.717, 1.165) is 17.6 Å². The Bertz CT molecular complexity index is 506. The van der Waals surface area contributed by atoms with E-state index in [4.69, 9.17) is 5.14 Å². The Morgan fingerprint density at radius 2 is 2.17 bits per heavy atom. The SMILES string of the molecule is CCSCC(C)Nc1ccc(S(N)(=O)=O)cc1F. The molecule has 18 heavy (non-hydrogen) atoms. The molecule has 0 fully saturated rings. The van der Waals surface area contributed by atoms with Crippen LogP contribution in [-0.4, -0.2) is 26.0 Å². The van der Waals surface area contributed by atoms with Crippen LogP contribution < -0.4 is 10.5 Å². The summed E-state index contributed by atoms with van der Waals surface area (Å²) < 4.78 is 35.8. The number of benzene rings is 1. The van der Waals surface area contributed by atoms with Crippen LogP contribution in [0.1, 0.15) is 13.8 Å². The molecule has 0 bridgehead atoms. The van der Waals surface area contributed by atoms with E-state index in [-0.39, 0.29) is 16.6 Å². The smallest absolute Gasteiger partial charge is 0.238 e. The lowest BCUT2D eigenvalue weighted by atomic mass is 10.2. The van der Waals surface area contributed by atoms with Gasteiger partial charge in [-0.3, -0.25) is 0 Å². The van der Waals surface area contributed by atoms with Crippen molar-refractivity contribution in [2.45, 2.75) is 24.8 Å². The number of anilines is 1. The molecule has 0 aromatic heterocycles. The molecule has 3 N–H and O–H groups in total. The van der Waals surface area contributed by atoms with E-state index >= 15 is 0 Å². The third kappa shape index (κ3) is 4.47. The molecule has 0 aliphatic heterocycles. The highest BCUT2D eigenvalue weighted by Crippen LogP contribution is 2.19. The molecule has 0 saturated heterocycles. The van der Waals surface area contributed by atoms with Gasteiger partial charge in [0.1, 0.15) is 5.82 Å². The highest BCUT2D eigenvalue weighted by atomic mass is 32.2. The molecule has 1 rings (SSSR count). The van der Waals surface area contributed by atoms with Crippen molar-refractivity contribution >= 4 is 27.5 Å². The average Bonchev–Trinajstić information content (AvgIpc) is 2.27. The Morgan fingerprint density at radius 3 is 2.67 bits per heavy atom. The summed E-state index contributed by atoms with van der Waals surface area (Å²) in [5.41, 5.74) is 0.284. The fourth-order valence-corrected chi connectivity index (χ4v) is 2.59. The molecule has 0 aliphatic rings. The summed E-state index contributed by atoms with van der Waals surface area (Å²) in [6.07, 6.45) is 0. The Kier molecular flexibility index (Phi) is 5.43. The van der Waals surface area contributed by atoms with Gasteiger partial charge in [-0.15, -0.1) is 0 Å². The van der Waals surface area contributed by atoms with Crippen LogP contribution >= 0.6 is 11.8 Å². The monoisotopic (exact) mass is 292 g/mol. The number of rotatable bonds is 6. The van der Waals surface area contributed by atoms with Gasteiger partial charge < -0.3 is 5.32 Å². The Morgan fingerprint density at radius 1 is 1.50 bits per heavy atom. The van der Waals surface area contributed by atoms with Crippen LogP contribution in [0.5, 0.6) is 0 Å². The lowest BCUT2D eigenvalue weighted by Gasteiger charge is -2.15. The van der Waals surface area contributed by atoms with E-state index in [1.165, 1.54) is 12.1 Å². The second-order valence-electron chi connectivity index (χ2n) is 3.89. The van der Waals surface area contributed by atoms with Crippen LogP contribution in [0.25, 0.3) is 0 Å². The molecule has 0 radical (unpaired) electrons. The zero-order valence-electron chi connectivity index (χ0n) is 10.3. The molecular formula is C11H17FN2O2S2. The molecule has 0 saturated carbocycles. The summed E-state index contributed by atoms with van der Waals surface area (Å²) in [7, 11) is -3.86. The number of nitrogens with one attached hydrogen (secondary N) is 1. The fourth-order valence-electron chi connectivity index (χ4n) is 1.39. The molecule has 1 aromatic carbocycles. The molecule has 0 amide bonds. The van der Waals surface area contributed by atoms with Gasteiger partial charge in [0, 0.05) is 11.8 Å². The maximum atomic E-state index is 13.7. The van der Waals surface area contributed by atoms with Gasteiger partial charge in [-0.2, -0.15) is 11.8 Å². The van der Waals surface area contributed by atoms with Gasteiger partial charge >= 0.3 is 0 Å². The van der Waals surface area contributed by atoms with Crippen LogP contribution in [0.15, 0.2) is 23.1 Å². The third-order valence-electron chi connectivity index (χ3n) is 2.24. The molecule has 102 valence electrons. The Balaban J connectivity index is 2.80. The Hall–Kier alpha value is -0.790. The minimum atomic E-state index is -3.86. The van der Waals surface area contributed by atoms with E-state index in [1.54, 1.807) is 11.8 Å². The highest BCUT2D eigenvalue weighted by molar-refractivity contribution is 7.99. The topological polar surface area (TPSA) is 72.2 Å². The first-order valence-corrected chi connectivity index (χ1v) is 8.21. The normalized spacial score (nSPS) is 13.3. The van der Waals surface area contributed by atoms with Gasteiger partial charge in [-0.25, -0.2) is 17.9 Å². The van der Waals surface area contributed by atoms with E-state index in [0.29, 0.717) is 0 Å². The predicted molar refractivity (Wildman–Crippen MR) is 73.9 cm³/mol. The summed E-state index contributed by atoms with van der Waals surface area (Å²) in [5.74, 6) is 1.24. The molecule has 7 heteroatoms. The van der Waals surface area contributed by atoms with Crippen LogP contribution in [0.3, 0.4) is 0 Å². The minimum Gasteiger partial charge on any atom is -0.379 e. The molecule has 0 spiro atoms. The van der Waals surface area contributed by atoms with Crippen molar-refractivity contribution in [2.75, 3.05) is 16.8 Å². The van der Waals surface area contributed by atoms with Gasteiger partial charge in [0.25, 0.3) is 0 Å². The summed E-state index contributed by atoms with van der Waals surface area (Å²) in [5, 5.41) is 7.92. The van der Waals surface area contributed by atoms with Crippen molar-refractivity contribution in [3.63, 3.8) is 0 Å². The standard InChI is InChI=1S/C11H17FN2O2S2/c1-3-17-7-8(2)14-11-5-4-9(6-10(11)12)18(13,15)16/h4-6,8,14H,3,7H2,1-2H3,(H2,13,15,16). The lowest BCUT2D eigenvalue weighted by molar-refractivity contribution is 0.592. The summed E-state index contributed by atoms with van der Waals surface area (Å²) in [4.78, 5) is -0.221. The summed E-state index contributed by atoms with van der Waals surface area (Å²) in [6.45, 7) is 3.99. The summed E-state index contributed by atoms with van der Waals surface area (Å²) in [6, 6.07) is 3.71. The number of hydrogen-bond donors (Lipinski definition) is 2. The van der Waals surface area contributed by atoms with Crippen LogP contribution in [0.2, 0.25) is 0 Å². The van der Waals surface area contributed by atoms with Crippen molar-refractivity contribution in [3.8, 4) is 0 Å². The zero-order valence-corrected chi connectivity index (χ0v) is 11.9. The molecule has 0 aliphatic carbocycles.